The Labute approximate surface area is 212 Å². The Morgan fingerprint density at radius 1 is 0.588 bits per heavy atom. The Kier molecular flexibility index (Phi) is 21.6. The van der Waals surface area contributed by atoms with Crippen molar-refractivity contribution in [3.8, 4) is 5.75 Å². The minimum Gasteiger partial charge on any atom is -0.406 e. The predicted molar refractivity (Wildman–Crippen MR) is 148 cm³/mol. The molecule has 0 aliphatic carbocycles. The van der Waals surface area contributed by atoms with E-state index in [0.717, 1.165) is 25.2 Å². The first-order valence-electron chi connectivity index (χ1n) is 14.9. The van der Waals surface area contributed by atoms with Crippen LogP contribution in [-0.4, -0.2) is 12.8 Å². The van der Waals surface area contributed by atoms with E-state index in [0.29, 0.717) is 0 Å². The van der Waals surface area contributed by atoms with Gasteiger partial charge in [-0.2, -0.15) is 0 Å². The van der Waals surface area contributed by atoms with Gasteiger partial charge in [0.2, 0.25) is 0 Å². The van der Waals surface area contributed by atoms with Crippen LogP contribution in [0.25, 0.3) is 0 Å². The minimum atomic E-state index is -0.0458. The molecule has 0 amide bonds. The lowest BCUT2D eigenvalue weighted by molar-refractivity contribution is -0.0420. The highest BCUT2D eigenvalue weighted by Crippen LogP contribution is 2.16. The van der Waals surface area contributed by atoms with Crippen molar-refractivity contribution < 1.29 is 9.57 Å². The Balaban J connectivity index is 2.01. The highest BCUT2D eigenvalue weighted by atomic mass is 16.7. The fraction of sp³-hybridized carbons (Fsp3) is 0.806. The molecule has 0 bridgehead atoms. The summed E-state index contributed by atoms with van der Waals surface area (Å²) >= 11 is 0. The fourth-order valence-electron chi connectivity index (χ4n) is 4.37. The smallest absolute Gasteiger partial charge is 0.147 e. The molecule has 1 rings (SSSR count). The average molecular weight is 476 g/mol. The molecule has 0 aliphatic rings. The van der Waals surface area contributed by atoms with Crippen molar-refractivity contribution in [2.45, 2.75) is 155 Å². The van der Waals surface area contributed by atoms with E-state index in [-0.39, 0.29) is 6.23 Å². The first-order valence-corrected chi connectivity index (χ1v) is 14.9. The molecule has 0 spiro atoms. The lowest BCUT2D eigenvalue weighted by atomic mass is 10.0. The van der Waals surface area contributed by atoms with Gasteiger partial charge in [-0.25, -0.2) is 0 Å². The van der Waals surface area contributed by atoms with Gasteiger partial charge in [0.15, 0.2) is 0 Å². The minimum absolute atomic E-state index is 0.0458. The van der Waals surface area contributed by atoms with Crippen LogP contribution in [0.5, 0.6) is 5.75 Å². The molecule has 0 radical (unpaired) electrons. The largest absolute Gasteiger partial charge is 0.406 e. The van der Waals surface area contributed by atoms with Crippen LogP contribution in [0.15, 0.2) is 24.3 Å². The average Bonchev–Trinajstić information content (AvgIpc) is 2.86. The van der Waals surface area contributed by atoms with E-state index in [1.807, 2.05) is 0 Å². The molecule has 34 heavy (non-hydrogen) atoms. The van der Waals surface area contributed by atoms with E-state index in [2.05, 4.69) is 50.5 Å². The molecule has 1 aromatic rings. The fourth-order valence-corrected chi connectivity index (χ4v) is 4.37. The molecule has 1 aromatic carbocycles. The van der Waals surface area contributed by atoms with Gasteiger partial charge in [0, 0.05) is 6.61 Å². The zero-order valence-corrected chi connectivity index (χ0v) is 23.1. The van der Waals surface area contributed by atoms with Crippen molar-refractivity contribution >= 4 is 0 Å². The number of benzene rings is 1. The third-order valence-corrected chi connectivity index (χ3v) is 6.74. The monoisotopic (exact) mass is 475 g/mol. The zero-order chi connectivity index (χ0) is 24.5. The lowest BCUT2D eigenvalue weighted by Crippen LogP contribution is -2.34. The quantitative estimate of drug-likeness (QED) is 0.0866. The molecular formula is C31H57NO2. The van der Waals surface area contributed by atoms with Crippen LogP contribution in [0.3, 0.4) is 0 Å². The van der Waals surface area contributed by atoms with Gasteiger partial charge >= 0.3 is 0 Å². The molecule has 1 atom stereocenters. The zero-order valence-electron chi connectivity index (χ0n) is 23.1. The second kappa shape index (κ2) is 23.7. The lowest BCUT2D eigenvalue weighted by Gasteiger charge is -2.18. The SMILES string of the molecule is CCCCCCCCCCCCCOC(CC)NOc1ccc(CCCCCCCCC)cc1. The van der Waals surface area contributed by atoms with Crippen molar-refractivity contribution in [2.75, 3.05) is 6.61 Å². The van der Waals surface area contributed by atoms with Crippen LogP contribution in [0, 0.1) is 0 Å². The maximum Gasteiger partial charge on any atom is 0.147 e. The molecule has 0 fully saturated rings. The van der Waals surface area contributed by atoms with Crippen LogP contribution in [0.1, 0.15) is 148 Å². The Morgan fingerprint density at radius 2 is 1.06 bits per heavy atom. The standard InChI is InChI=1S/C31H57NO2/c1-4-7-9-11-13-14-15-16-18-20-22-28-33-31(6-3)32-34-30-26-24-29(25-27-30)23-21-19-17-12-10-8-5-2/h24-27,31-32H,4-23,28H2,1-3H3. The number of unbranched alkanes of at least 4 members (excludes halogenated alkanes) is 16. The normalized spacial score (nSPS) is 12.2. The molecule has 0 aliphatic heterocycles. The number of nitrogens with one attached hydrogen (secondary N) is 1. The van der Waals surface area contributed by atoms with Crippen molar-refractivity contribution in [1.82, 2.24) is 5.48 Å². The summed E-state index contributed by atoms with van der Waals surface area (Å²) in [6, 6.07) is 8.53. The van der Waals surface area contributed by atoms with Crippen molar-refractivity contribution in [3.05, 3.63) is 29.8 Å². The van der Waals surface area contributed by atoms with Gasteiger partial charge in [-0.05, 0) is 43.4 Å². The summed E-state index contributed by atoms with van der Waals surface area (Å²) in [5, 5.41) is 0. The Bertz CT molecular complexity index is 531. The summed E-state index contributed by atoms with van der Waals surface area (Å²) in [4.78, 5) is 5.78. The first kappa shape index (κ1) is 31.0. The number of aryl methyl sites for hydroxylation is 1. The van der Waals surface area contributed by atoms with Crippen molar-refractivity contribution in [1.29, 1.82) is 0 Å². The summed E-state index contributed by atoms with van der Waals surface area (Å²) in [7, 11) is 0. The van der Waals surface area contributed by atoms with Gasteiger partial charge in [0.25, 0.3) is 0 Å². The van der Waals surface area contributed by atoms with Crippen LogP contribution in [0.2, 0.25) is 0 Å². The molecule has 3 nitrogen and oxygen atoms in total. The van der Waals surface area contributed by atoms with Crippen LogP contribution in [-0.2, 0) is 11.2 Å². The maximum atomic E-state index is 5.98. The highest BCUT2D eigenvalue weighted by molar-refractivity contribution is 5.27. The molecule has 0 saturated carbocycles. The summed E-state index contributed by atoms with van der Waals surface area (Å²) in [5.41, 5.74) is 4.50. The number of hydrogen-bond donors (Lipinski definition) is 1. The molecule has 1 unspecified atom stereocenters. The Hall–Kier alpha value is -1.06. The third kappa shape index (κ3) is 18.3. The predicted octanol–water partition coefficient (Wildman–Crippen LogP) is 9.93. The number of hydrogen-bond acceptors (Lipinski definition) is 3. The molecule has 0 saturated heterocycles. The van der Waals surface area contributed by atoms with Gasteiger partial charge in [-0.3, -0.25) is 0 Å². The molecule has 0 aromatic heterocycles. The van der Waals surface area contributed by atoms with E-state index in [1.165, 1.54) is 121 Å². The van der Waals surface area contributed by atoms with Crippen LogP contribution >= 0.6 is 0 Å². The highest BCUT2D eigenvalue weighted by Gasteiger charge is 2.07. The van der Waals surface area contributed by atoms with E-state index in [9.17, 15) is 0 Å². The summed E-state index contributed by atoms with van der Waals surface area (Å²) < 4.78 is 5.98. The van der Waals surface area contributed by atoms with E-state index < -0.39 is 0 Å². The number of hydroxylamine groups is 1. The van der Waals surface area contributed by atoms with Crippen LogP contribution < -0.4 is 10.3 Å². The third-order valence-electron chi connectivity index (χ3n) is 6.74. The van der Waals surface area contributed by atoms with Crippen molar-refractivity contribution in [3.63, 3.8) is 0 Å². The van der Waals surface area contributed by atoms with Gasteiger partial charge in [-0.15, -0.1) is 5.48 Å². The molecule has 1 N–H and O–H groups in total. The van der Waals surface area contributed by atoms with Gasteiger partial charge < -0.3 is 9.57 Å². The number of rotatable bonds is 25. The van der Waals surface area contributed by atoms with E-state index >= 15 is 0 Å². The molecular weight excluding hydrogens is 418 g/mol. The van der Waals surface area contributed by atoms with Gasteiger partial charge in [-0.1, -0.05) is 136 Å². The topological polar surface area (TPSA) is 30.5 Å². The maximum absolute atomic E-state index is 5.98. The Morgan fingerprint density at radius 3 is 1.56 bits per heavy atom. The molecule has 198 valence electrons. The summed E-state index contributed by atoms with van der Waals surface area (Å²) in [6.07, 6.45) is 26.5. The van der Waals surface area contributed by atoms with Gasteiger partial charge in [0.05, 0.1) is 0 Å². The second-order valence-corrected chi connectivity index (χ2v) is 10.0. The van der Waals surface area contributed by atoms with E-state index in [1.54, 1.807) is 0 Å². The van der Waals surface area contributed by atoms with Crippen LogP contribution in [0.4, 0.5) is 0 Å². The molecule has 3 heteroatoms. The molecule has 0 heterocycles. The number of ether oxygens (including phenoxy) is 1. The first-order chi connectivity index (χ1) is 16.8. The summed E-state index contributed by atoms with van der Waals surface area (Å²) in [5.74, 6) is 0.861. The van der Waals surface area contributed by atoms with Gasteiger partial charge in [0.1, 0.15) is 12.0 Å². The van der Waals surface area contributed by atoms with E-state index in [4.69, 9.17) is 9.57 Å². The second-order valence-electron chi connectivity index (χ2n) is 10.0. The van der Waals surface area contributed by atoms with Crippen molar-refractivity contribution in [2.24, 2.45) is 0 Å². The summed E-state index contributed by atoms with van der Waals surface area (Å²) in [6.45, 7) is 7.50.